The number of nitrogen functional groups attached to an aromatic ring is 1. The smallest absolute Gasteiger partial charge is 0.0840 e. The van der Waals surface area contributed by atoms with Crippen LogP contribution in [0.2, 0.25) is 0 Å². The van der Waals surface area contributed by atoms with E-state index < -0.39 is 5.60 Å². The summed E-state index contributed by atoms with van der Waals surface area (Å²) >= 11 is 0. The summed E-state index contributed by atoms with van der Waals surface area (Å²) in [4.78, 5) is 0. The average Bonchev–Trinajstić information content (AvgIpc) is 2.29. The van der Waals surface area contributed by atoms with Gasteiger partial charge in [0.05, 0.1) is 5.60 Å². The maximum atomic E-state index is 10.1. The van der Waals surface area contributed by atoms with Crippen molar-refractivity contribution in [3.05, 3.63) is 35.4 Å². The van der Waals surface area contributed by atoms with E-state index in [4.69, 9.17) is 5.73 Å². The fraction of sp³-hybridized carbons (Fsp3) is 0.529. The Balaban J connectivity index is 2.38. The molecule has 0 spiro atoms. The van der Waals surface area contributed by atoms with Gasteiger partial charge in [-0.25, -0.2) is 0 Å². The van der Waals surface area contributed by atoms with Gasteiger partial charge < -0.3 is 10.8 Å². The molecular weight excluding hydrogens is 234 g/mol. The SMILES string of the molecule is CC1(C)CC=C(c2cc(C(C)(C)O)ccc2N)CC1. The molecule has 1 aliphatic carbocycles. The van der Waals surface area contributed by atoms with Gasteiger partial charge in [0.15, 0.2) is 0 Å². The van der Waals surface area contributed by atoms with Crippen molar-refractivity contribution < 1.29 is 5.11 Å². The lowest BCUT2D eigenvalue weighted by Gasteiger charge is -2.29. The van der Waals surface area contributed by atoms with Crippen LogP contribution in [0.15, 0.2) is 24.3 Å². The van der Waals surface area contributed by atoms with Crippen molar-refractivity contribution in [1.29, 1.82) is 0 Å². The van der Waals surface area contributed by atoms with Crippen LogP contribution < -0.4 is 5.73 Å². The van der Waals surface area contributed by atoms with Gasteiger partial charge in [0, 0.05) is 11.3 Å². The average molecular weight is 259 g/mol. The lowest BCUT2D eigenvalue weighted by atomic mass is 9.76. The van der Waals surface area contributed by atoms with Gasteiger partial charge >= 0.3 is 0 Å². The molecule has 1 aliphatic rings. The maximum Gasteiger partial charge on any atom is 0.0840 e. The molecule has 2 nitrogen and oxygen atoms in total. The molecule has 3 N–H and O–H groups in total. The molecular formula is C17H25NO. The van der Waals surface area contributed by atoms with E-state index in [1.807, 2.05) is 18.2 Å². The highest BCUT2D eigenvalue weighted by atomic mass is 16.3. The van der Waals surface area contributed by atoms with Crippen molar-refractivity contribution in [2.45, 2.75) is 52.6 Å². The summed E-state index contributed by atoms with van der Waals surface area (Å²) in [6.45, 7) is 8.22. The van der Waals surface area contributed by atoms with Crippen molar-refractivity contribution >= 4 is 11.3 Å². The predicted octanol–water partition coefficient (Wildman–Crippen LogP) is 4.09. The minimum Gasteiger partial charge on any atom is -0.398 e. The molecule has 0 fully saturated rings. The van der Waals surface area contributed by atoms with Gasteiger partial charge in [-0.05, 0) is 61.8 Å². The molecule has 2 rings (SSSR count). The molecule has 0 saturated heterocycles. The van der Waals surface area contributed by atoms with Crippen molar-refractivity contribution in [2.75, 3.05) is 5.73 Å². The van der Waals surface area contributed by atoms with E-state index >= 15 is 0 Å². The number of anilines is 1. The molecule has 0 aromatic heterocycles. The van der Waals surface area contributed by atoms with E-state index in [1.54, 1.807) is 13.8 Å². The van der Waals surface area contributed by atoms with E-state index in [-0.39, 0.29) is 0 Å². The molecule has 104 valence electrons. The van der Waals surface area contributed by atoms with Crippen LogP contribution in [0.3, 0.4) is 0 Å². The van der Waals surface area contributed by atoms with Crippen molar-refractivity contribution in [2.24, 2.45) is 5.41 Å². The lowest BCUT2D eigenvalue weighted by Crippen LogP contribution is -2.17. The van der Waals surface area contributed by atoms with Gasteiger partial charge in [-0.2, -0.15) is 0 Å². The molecule has 0 radical (unpaired) electrons. The zero-order valence-electron chi connectivity index (χ0n) is 12.5. The molecule has 0 amide bonds. The predicted molar refractivity (Wildman–Crippen MR) is 81.7 cm³/mol. The van der Waals surface area contributed by atoms with E-state index in [0.717, 1.165) is 29.7 Å². The quantitative estimate of drug-likeness (QED) is 0.786. The fourth-order valence-corrected chi connectivity index (χ4v) is 2.54. The van der Waals surface area contributed by atoms with Crippen molar-refractivity contribution in [1.82, 2.24) is 0 Å². The Bertz CT molecular complexity index is 506. The number of hydrogen-bond acceptors (Lipinski definition) is 2. The fourth-order valence-electron chi connectivity index (χ4n) is 2.54. The molecule has 0 atom stereocenters. The Morgan fingerprint density at radius 2 is 1.95 bits per heavy atom. The van der Waals surface area contributed by atoms with Gasteiger partial charge in [-0.15, -0.1) is 0 Å². The van der Waals surface area contributed by atoms with Gasteiger partial charge in [-0.3, -0.25) is 0 Å². The lowest BCUT2D eigenvalue weighted by molar-refractivity contribution is 0.0786. The molecule has 0 saturated carbocycles. The second-order valence-corrected chi connectivity index (χ2v) is 6.96. The van der Waals surface area contributed by atoms with Gasteiger partial charge in [0.25, 0.3) is 0 Å². The van der Waals surface area contributed by atoms with Crippen LogP contribution in [0, 0.1) is 5.41 Å². The van der Waals surface area contributed by atoms with Crippen molar-refractivity contribution in [3.63, 3.8) is 0 Å². The molecule has 1 aromatic carbocycles. The Labute approximate surface area is 116 Å². The Morgan fingerprint density at radius 3 is 2.47 bits per heavy atom. The summed E-state index contributed by atoms with van der Waals surface area (Å²) in [7, 11) is 0. The van der Waals surface area contributed by atoms with Crippen LogP contribution in [0.4, 0.5) is 5.69 Å². The van der Waals surface area contributed by atoms with Crippen LogP contribution in [0.5, 0.6) is 0 Å². The topological polar surface area (TPSA) is 46.2 Å². The first-order valence-corrected chi connectivity index (χ1v) is 7.01. The van der Waals surface area contributed by atoms with Crippen LogP contribution in [0.25, 0.3) is 5.57 Å². The van der Waals surface area contributed by atoms with Gasteiger partial charge in [-0.1, -0.05) is 26.0 Å². The summed E-state index contributed by atoms with van der Waals surface area (Å²) in [5.41, 5.74) is 9.82. The highest BCUT2D eigenvalue weighted by Crippen LogP contribution is 2.40. The highest BCUT2D eigenvalue weighted by molar-refractivity contribution is 5.76. The first-order chi connectivity index (χ1) is 8.69. The van der Waals surface area contributed by atoms with E-state index in [9.17, 15) is 5.11 Å². The van der Waals surface area contributed by atoms with Crippen LogP contribution in [0.1, 0.15) is 58.1 Å². The van der Waals surface area contributed by atoms with Crippen molar-refractivity contribution in [3.8, 4) is 0 Å². The second-order valence-electron chi connectivity index (χ2n) is 6.96. The second kappa shape index (κ2) is 4.68. The number of rotatable bonds is 2. The minimum atomic E-state index is -0.822. The van der Waals surface area contributed by atoms with E-state index in [0.29, 0.717) is 5.41 Å². The number of aliphatic hydroxyl groups is 1. The maximum absolute atomic E-state index is 10.1. The first kappa shape index (κ1) is 14.1. The van der Waals surface area contributed by atoms with Crippen LogP contribution >= 0.6 is 0 Å². The molecule has 0 aliphatic heterocycles. The van der Waals surface area contributed by atoms with Crippen LogP contribution in [-0.4, -0.2) is 5.11 Å². The third kappa shape index (κ3) is 3.19. The minimum absolute atomic E-state index is 0.395. The normalized spacial score (nSPS) is 19.1. The molecule has 19 heavy (non-hydrogen) atoms. The highest BCUT2D eigenvalue weighted by Gasteiger charge is 2.24. The monoisotopic (exact) mass is 259 g/mol. The number of hydrogen-bond donors (Lipinski definition) is 2. The Hall–Kier alpha value is -1.28. The third-order valence-electron chi connectivity index (χ3n) is 4.08. The summed E-state index contributed by atoms with van der Waals surface area (Å²) in [5, 5.41) is 10.1. The number of benzene rings is 1. The number of nitrogens with two attached hydrogens (primary N) is 1. The molecule has 0 bridgehead atoms. The van der Waals surface area contributed by atoms with Gasteiger partial charge in [0.2, 0.25) is 0 Å². The van der Waals surface area contributed by atoms with E-state index in [1.165, 1.54) is 12.0 Å². The third-order valence-corrected chi connectivity index (χ3v) is 4.08. The summed E-state index contributed by atoms with van der Waals surface area (Å²) in [5.74, 6) is 0. The Morgan fingerprint density at radius 1 is 1.26 bits per heavy atom. The van der Waals surface area contributed by atoms with Crippen LogP contribution in [-0.2, 0) is 5.60 Å². The molecule has 0 unspecified atom stereocenters. The van der Waals surface area contributed by atoms with E-state index in [2.05, 4.69) is 19.9 Å². The zero-order chi connectivity index (χ0) is 14.3. The summed E-state index contributed by atoms with van der Waals surface area (Å²) in [6, 6.07) is 5.86. The summed E-state index contributed by atoms with van der Waals surface area (Å²) in [6.07, 6.45) is 5.65. The standard InChI is InChI=1S/C17H25NO/c1-16(2)9-7-12(8-10-16)14-11-13(17(3,4)19)5-6-15(14)18/h5-7,11,19H,8-10,18H2,1-4H3. The zero-order valence-corrected chi connectivity index (χ0v) is 12.5. The Kier molecular flexibility index (Phi) is 3.48. The van der Waals surface area contributed by atoms with Gasteiger partial charge in [0.1, 0.15) is 0 Å². The number of allylic oxidation sites excluding steroid dienone is 2. The summed E-state index contributed by atoms with van der Waals surface area (Å²) < 4.78 is 0. The largest absolute Gasteiger partial charge is 0.398 e. The first-order valence-electron chi connectivity index (χ1n) is 7.01. The molecule has 2 heteroatoms. The molecule has 1 aromatic rings. The molecule has 0 heterocycles.